The van der Waals surface area contributed by atoms with Crippen molar-refractivity contribution in [3.05, 3.63) is 36.0 Å². The lowest BCUT2D eigenvalue weighted by molar-refractivity contribution is -0.0895. The Morgan fingerprint density at radius 1 is 1.24 bits per heavy atom. The van der Waals surface area contributed by atoms with Crippen LogP contribution in [-0.4, -0.2) is 29.9 Å². The highest BCUT2D eigenvalue weighted by molar-refractivity contribution is 5.87. The van der Waals surface area contributed by atoms with Crippen molar-refractivity contribution in [1.82, 2.24) is 4.98 Å². The maximum Gasteiger partial charge on any atom is 0.141 e. The molecule has 1 N–H and O–H groups in total. The van der Waals surface area contributed by atoms with E-state index in [1.54, 1.807) is 12.3 Å². The first-order valence-electron chi connectivity index (χ1n) is 5.62. The van der Waals surface area contributed by atoms with E-state index in [1.807, 2.05) is 18.2 Å². The standard InChI is InChI=1S/C13H13NO3/c15-11-3-1-2-10-9(4-5-14-13(10)11)12-8-16-6-7-17-12/h1-5,12,15H,6-8H2. The minimum Gasteiger partial charge on any atom is -0.506 e. The molecule has 1 fully saturated rings. The number of pyridine rings is 1. The van der Waals surface area contributed by atoms with Crippen LogP contribution in [0.25, 0.3) is 10.9 Å². The van der Waals surface area contributed by atoms with Crippen molar-refractivity contribution in [2.24, 2.45) is 0 Å². The van der Waals surface area contributed by atoms with Gasteiger partial charge in [0.15, 0.2) is 0 Å². The zero-order valence-electron chi connectivity index (χ0n) is 9.30. The number of aromatic nitrogens is 1. The molecule has 1 aromatic heterocycles. The number of phenols is 1. The molecular formula is C13H13NO3. The van der Waals surface area contributed by atoms with E-state index < -0.39 is 0 Å². The molecular weight excluding hydrogens is 218 g/mol. The first kappa shape index (κ1) is 10.5. The van der Waals surface area contributed by atoms with Gasteiger partial charge in [0, 0.05) is 11.6 Å². The van der Waals surface area contributed by atoms with Crippen molar-refractivity contribution in [2.45, 2.75) is 6.10 Å². The Balaban J connectivity index is 2.12. The second kappa shape index (κ2) is 4.31. The number of benzene rings is 1. The molecule has 0 saturated carbocycles. The Hall–Kier alpha value is -1.65. The number of aromatic hydroxyl groups is 1. The van der Waals surface area contributed by atoms with Gasteiger partial charge in [-0.05, 0) is 17.7 Å². The molecule has 4 heteroatoms. The first-order chi connectivity index (χ1) is 8.36. The SMILES string of the molecule is Oc1cccc2c(C3COCCO3)ccnc12. The van der Waals surface area contributed by atoms with Gasteiger partial charge in [-0.15, -0.1) is 0 Å². The zero-order valence-corrected chi connectivity index (χ0v) is 9.30. The number of rotatable bonds is 1. The van der Waals surface area contributed by atoms with Crippen LogP contribution in [-0.2, 0) is 9.47 Å². The van der Waals surface area contributed by atoms with Crippen LogP contribution in [0.1, 0.15) is 11.7 Å². The van der Waals surface area contributed by atoms with Crippen molar-refractivity contribution in [1.29, 1.82) is 0 Å². The monoisotopic (exact) mass is 231 g/mol. The van der Waals surface area contributed by atoms with Crippen LogP contribution in [0.5, 0.6) is 5.75 Å². The van der Waals surface area contributed by atoms with E-state index in [9.17, 15) is 5.11 Å². The molecule has 1 aromatic carbocycles. The van der Waals surface area contributed by atoms with Gasteiger partial charge in [0.05, 0.1) is 19.8 Å². The van der Waals surface area contributed by atoms with E-state index in [0.717, 1.165) is 10.9 Å². The van der Waals surface area contributed by atoms with Crippen LogP contribution in [0, 0.1) is 0 Å². The smallest absolute Gasteiger partial charge is 0.141 e. The summed E-state index contributed by atoms with van der Waals surface area (Å²) in [5.74, 6) is 0.195. The summed E-state index contributed by atoms with van der Waals surface area (Å²) in [6.45, 7) is 1.80. The van der Waals surface area contributed by atoms with E-state index in [2.05, 4.69) is 4.98 Å². The lowest BCUT2D eigenvalue weighted by Gasteiger charge is -2.24. The number of hydrogen-bond donors (Lipinski definition) is 1. The van der Waals surface area contributed by atoms with E-state index in [0.29, 0.717) is 25.3 Å². The molecule has 1 atom stereocenters. The van der Waals surface area contributed by atoms with Crippen LogP contribution in [0.4, 0.5) is 0 Å². The third kappa shape index (κ3) is 1.85. The predicted octanol–water partition coefficient (Wildman–Crippen LogP) is 2.03. The normalized spacial score (nSPS) is 20.6. The average Bonchev–Trinajstić information content (AvgIpc) is 2.40. The Morgan fingerprint density at radius 3 is 3.00 bits per heavy atom. The van der Waals surface area contributed by atoms with E-state index in [1.165, 1.54) is 0 Å². The zero-order chi connectivity index (χ0) is 11.7. The van der Waals surface area contributed by atoms with Crippen molar-refractivity contribution in [3.8, 4) is 5.75 Å². The highest BCUT2D eigenvalue weighted by Gasteiger charge is 2.19. The minimum atomic E-state index is -0.0731. The number of phenolic OH excluding ortho intramolecular Hbond substituents is 1. The van der Waals surface area contributed by atoms with E-state index in [-0.39, 0.29) is 11.9 Å². The van der Waals surface area contributed by atoms with Gasteiger partial charge in [0.1, 0.15) is 17.4 Å². The van der Waals surface area contributed by atoms with Crippen molar-refractivity contribution < 1.29 is 14.6 Å². The van der Waals surface area contributed by atoms with Gasteiger partial charge in [-0.25, -0.2) is 0 Å². The van der Waals surface area contributed by atoms with Gasteiger partial charge >= 0.3 is 0 Å². The summed E-state index contributed by atoms with van der Waals surface area (Å²) < 4.78 is 11.1. The maximum atomic E-state index is 9.76. The van der Waals surface area contributed by atoms with Crippen molar-refractivity contribution >= 4 is 10.9 Å². The summed E-state index contributed by atoms with van der Waals surface area (Å²) in [6.07, 6.45) is 1.62. The molecule has 17 heavy (non-hydrogen) atoms. The third-order valence-electron chi connectivity index (χ3n) is 2.95. The molecule has 3 rings (SSSR count). The van der Waals surface area contributed by atoms with Crippen molar-refractivity contribution in [2.75, 3.05) is 19.8 Å². The fourth-order valence-electron chi connectivity index (χ4n) is 2.13. The molecule has 88 valence electrons. The van der Waals surface area contributed by atoms with Crippen LogP contribution in [0.3, 0.4) is 0 Å². The molecule has 1 saturated heterocycles. The average molecular weight is 231 g/mol. The van der Waals surface area contributed by atoms with Crippen LogP contribution in [0.2, 0.25) is 0 Å². The van der Waals surface area contributed by atoms with Gasteiger partial charge in [-0.3, -0.25) is 4.98 Å². The highest BCUT2D eigenvalue weighted by Crippen LogP contribution is 2.30. The predicted molar refractivity (Wildman–Crippen MR) is 62.9 cm³/mol. The minimum absolute atomic E-state index is 0.0731. The quantitative estimate of drug-likeness (QED) is 0.815. The number of fused-ring (bicyclic) bond motifs is 1. The summed E-state index contributed by atoms with van der Waals surface area (Å²) >= 11 is 0. The fourth-order valence-corrected chi connectivity index (χ4v) is 2.13. The fraction of sp³-hybridized carbons (Fsp3) is 0.308. The van der Waals surface area contributed by atoms with Gasteiger partial charge in [0.25, 0.3) is 0 Å². The second-order valence-electron chi connectivity index (χ2n) is 4.01. The van der Waals surface area contributed by atoms with E-state index >= 15 is 0 Å². The Kier molecular flexibility index (Phi) is 2.66. The topological polar surface area (TPSA) is 51.6 Å². The number of nitrogens with zero attached hydrogens (tertiary/aromatic N) is 1. The number of ether oxygens (including phenoxy) is 2. The van der Waals surface area contributed by atoms with Gasteiger partial charge in [-0.1, -0.05) is 12.1 Å². The van der Waals surface area contributed by atoms with Crippen LogP contribution >= 0.6 is 0 Å². The maximum absolute atomic E-state index is 9.76. The molecule has 0 radical (unpaired) electrons. The van der Waals surface area contributed by atoms with Gasteiger partial charge < -0.3 is 14.6 Å². The summed E-state index contributed by atoms with van der Waals surface area (Å²) in [5.41, 5.74) is 1.63. The summed E-state index contributed by atoms with van der Waals surface area (Å²) in [7, 11) is 0. The lowest BCUT2D eigenvalue weighted by atomic mass is 10.0. The summed E-state index contributed by atoms with van der Waals surface area (Å²) in [6, 6.07) is 7.31. The molecule has 0 aliphatic carbocycles. The molecule has 1 unspecified atom stereocenters. The molecule has 1 aliphatic heterocycles. The lowest BCUT2D eigenvalue weighted by Crippen LogP contribution is -2.22. The molecule has 0 amide bonds. The number of para-hydroxylation sites is 1. The molecule has 0 bridgehead atoms. The van der Waals surface area contributed by atoms with E-state index in [4.69, 9.17) is 9.47 Å². The molecule has 1 aliphatic rings. The van der Waals surface area contributed by atoms with Crippen molar-refractivity contribution in [3.63, 3.8) is 0 Å². The third-order valence-corrected chi connectivity index (χ3v) is 2.95. The Labute approximate surface area is 98.8 Å². The molecule has 2 aromatic rings. The highest BCUT2D eigenvalue weighted by atomic mass is 16.6. The number of hydrogen-bond acceptors (Lipinski definition) is 4. The summed E-state index contributed by atoms with van der Waals surface area (Å²) in [5, 5.41) is 10.7. The molecule has 0 spiro atoms. The Bertz CT molecular complexity index is 535. The molecule has 4 nitrogen and oxygen atoms in total. The van der Waals surface area contributed by atoms with Crippen LogP contribution < -0.4 is 0 Å². The van der Waals surface area contributed by atoms with Gasteiger partial charge in [-0.2, -0.15) is 0 Å². The molecule has 2 heterocycles. The second-order valence-corrected chi connectivity index (χ2v) is 4.01. The van der Waals surface area contributed by atoms with Gasteiger partial charge in [0.2, 0.25) is 0 Å². The Morgan fingerprint density at radius 2 is 2.18 bits per heavy atom. The summed E-state index contributed by atoms with van der Waals surface area (Å²) in [4.78, 5) is 4.19. The van der Waals surface area contributed by atoms with Crippen LogP contribution in [0.15, 0.2) is 30.5 Å². The largest absolute Gasteiger partial charge is 0.506 e. The first-order valence-corrected chi connectivity index (χ1v) is 5.62.